The number of carbonyl (C=O) groups excluding carboxylic acids is 1. The Hall–Kier alpha value is -1.07. The van der Waals surface area contributed by atoms with E-state index in [9.17, 15) is 9.59 Å². The van der Waals surface area contributed by atoms with Crippen molar-refractivity contribution in [2.75, 3.05) is 0 Å². The van der Waals surface area contributed by atoms with Crippen molar-refractivity contribution >= 4 is 39.9 Å². The molecule has 1 aromatic carbocycles. The predicted molar refractivity (Wildman–Crippen MR) is 63.3 cm³/mol. The Balaban J connectivity index is 3.31. The average Bonchev–Trinajstić information content (AvgIpc) is 2.17. The molecule has 0 saturated heterocycles. The van der Waals surface area contributed by atoms with Crippen LogP contribution in [0.15, 0.2) is 22.7 Å². The molecule has 1 aromatic rings. The number of aliphatic carboxylic acids is 1. The molecule has 0 spiro atoms. The number of amides is 1. The van der Waals surface area contributed by atoms with Crippen molar-refractivity contribution in [3.8, 4) is 0 Å². The molecule has 0 aromatic heterocycles. The highest BCUT2D eigenvalue weighted by atomic mass is 79.9. The smallest absolute Gasteiger partial charge is 0.333 e. The first-order chi connectivity index (χ1) is 7.41. The van der Waals surface area contributed by atoms with Gasteiger partial charge in [0.2, 0.25) is 6.41 Å². The minimum absolute atomic E-state index is 0.272. The van der Waals surface area contributed by atoms with Crippen LogP contribution in [0.5, 0.6) is 0 Å². The SMILES string of the molecule is CC(NC=O)(C(=O)O)c1ccc(Br)cc1Cl. The lowest BCUT2D eigenvalue weighted by atomic mass is 9.92. The summed E-state index contributed by atoms with van der Waals surface area (Å²) in [6.45, 7) is 1.37. The van der Waals surface area contributed by atoms with E-state index in [-0.39, 0.29) is 5.02 Å². The van der Waals surface area contributed by atoms with Crippen LogP contribution in [0.4, 0.5) is 0 Å². The minimum Gasteiger partial charge on any atom is -0.479 e. The lowest BCUT2D eigenvalue weighted by Crippen LogP contribution is -2.46. The maximum atomic E-state index is 11.2. The normalized spacial score (nSPS) is 13.9. The number of rotatable bonds is 4. The molecular weight excluding hydrogens is 297 g/mol. The van der Waals surface area contributed by atoms with Crippen LogP contribution in [0.25, 0.3) is 0 Å². The molecular formula is C10H9BrClNO3. The van der Waals surface area contributed by atoms with Gasteiger partial charge in [-0.1, -0.05) is 33.6 Å². The fraction of sp³-hybridized carbons (Fsp3) is 0.200. The first-order valence-corrected chi connectivity index (χ1v) is 5.49. The van der Waals surface area contributed by atoms with E-state index in [1.807, 2.05) is 0 Å². The Kier molecular flexibility index (Phi) is 3.93. The van der Waals surface area contributed by atoms with Gasteiger partial charge in [0.25, 0.3) is 0 Å². The van der Waals surface area contributed by atoms with Crippen LogP contribution in [0, 0.1) is 0 Å². The highest BCUT2D eigenvalue weighted by Crippen LogP contribution is 2.30. The molecule has 4 nitrogen and oxygen atoms in total. The molecule has 6 heteroatoms. The van der Waals surface area contributed by atoms with E-state index in [4.69, 9.17) is 16.7 Å². The van der Waals surface area contributed by atoms with Crippen LogP contribution in [-0.2, 0) is 15.1 Å². The van der Waals surface area contributed by atoms with E-state index < -0.39 is 11.5 Å². The van der Waals surface area contributed by atoms with Crippen molar-refractivity contribution in [1.29, 1.82) is 0 Å². The zero-order chi connectivity index (χ0) is 12.3. The second-order valence-corrected chi connectivity index (χ2v) is 4.64. The summed E-state index contributed by atoms with van der Waals surface area (Å²) >= 11 is 9.16. The molecule has 1 amide bonds. The lowest BCUT2D eigenvalue weighted by molar-refractivity contribution is -0.145. The molecule has 0 fully saturated rings. The van der Waals surface area contributed by atoms with Crippen LogP contribution in [0.1, 0.15) is 12.5 Å². The summed E-state index contributed by atoms with van der Waals surface area (Å²) in [5, 5.41) is 11.6. The van der Waals surface area contributed by atoms with Gasteiger partial charge < -0.3 is 10.4 Å². The lowest BCUT2D eigenvalue weighted by Gasteiger charge is -2.25. The van der Waals surface area contributed by atoms with Crippen molar-refractivity contribution in [3.63, 3.8) is 0 Å². The van der Waals surface area contributed by atoms with Crippen LogP contribution in [0.2, 0.25) is 5.02 Å². The molecule has 86 valence electrons. The van der Waals surface area contributed by atoms with Crippen molar-refractivity contribution in [2.24, 2.45) is 0 Å². The molecule has 0 saturated carbocycles. The van der Waals surface area contributed by atoms with Gasteiger partial charge in [-0.2, -0.15) is 0 Å². The van der Waals surface area contributed by atoms with Gasteiger partial charge in [-0.05, 0) is 19.1 Å². The van der Waals surface area contributed by atoms with Crippen LogP contribution >= 0.6 is 27.5 Å². The van der Waals surface area contributed by atoms with E-state index in [1.54, 1.807) is 18.2 Å². The molecule has 16 heavy (non-hydrogen) atoms. The third-order valence-corrected chi connectivity index (χ3v) is 3.05. The summed E-state index contributed by atoms with van der Waals surface area (Å²) in [6.07, 6.45) is 0.340. The fourth-order valence-electron chi connectivity index (χ4n) is 1.27. The minimum atomic E-state index is -1.53. The van der Waals surface area contributed by atoms with Crippen LogP contribution in [0.3, 0.4) is 0 Å². The van der Waals surface area contributed by atoms with Gasteiger partial charge in [0.1, 0.15) is 0 Å². The fourth-order valence-corrected chi connectivity index (χ4v) is 2.13. The van der Waals surface area contributed by atoms with Gasteiger partial charge in [-0.3, -0.25) is 4.79 Å². The van der Waals surface area contributed by atoms with Gasteiger partial charge >= 0.3 is 5.97 Å². The number of hydrogen-bond donors (Lipinski definition) is 2. The number of carboxylic acid groups (broad SMARTS) is 1. The first-order valence-electron chi connectivity index (χ1n) is 4.32. The molecule has 0 aliphatic rings. The van der Waals surface area contributed by atoms with Gasteiger partial charge in [-0.15, -0.1) is 0 Å². The number of nitrogens with one attached hydrogen (secondary N) is 1. The molecule has 2 N–H and O–H groups in total. The van der Waals surface area contributed by atoms with Crippen LogP contribution in [-0.4, -0.2) is 17.5 Å². The molecule has 1 atom stereocenters. The number of carboxylic acids is 1. The zero-order valence-electron chi connectivity index (χ0n) is 8.33. The summed E-state index contributed by atoms with van der Waals surface area (Å²) in [4.78, 5) is 21.6. The highest BCUT2D eigenvalue weighted by molar-refractivity contribution is 9.10. The monoisotopic (exact) mass is 305 g/mol. The van der Waals surface area contributed by atoms with Crippen molar-refractivity contribution in [2.45, 2.75) is 12.5 Å². The number of benzene rings is 1. The molecule has 1 rings (SSSR count). The average molecular weight is 307 g/mol. The summed E-state index contributed by atoms with van der Waals surface area (Å²) in [7, 11) is 0. The molecule has 0 heterocycles. The maximum Gasteiger partial charge on any atom is 0.333 e. The standard InChI is InChI=1S/C10H9BrClNO3/c1-10(9(15)16,13-5-14)7-3-2-6(11)4-8(7)12/h2-5H,1H3,(H,13,14)(H,15,16). The van der Waals surface area contributed by atoms with Gasteiger partial charge in [0.05, 0.1) is 0 Å². The topological polar surface area (TPSA) is 66.4 Å². The summed E-state index contributed by atoms with van der Waals surface area (Å²) < 4.78 is 0.736. The Bertz CT molecular complexity index is 438. The Morgan fingerprint density at radius 2 is 2.25 bits per heavy atom. The van der Waals surface area contributed by atoms with E-state index >= 15 is 0 Å². The summed E-state index contributed by atoms with van der Waals surface area (Å²) in [5.74, 6) is -1.18. The Morgan fingerprint density at radius 3 is 2.69 bits per heavy atom. The molecule has 0 aliphatic heterocycles. The number of halogens is 2. The van der Waals surface area contributed by atoms with Gasteiger partial charge in [0, 0.05) is 15.1 Å². The highest BCUT2D eigenvalue weighted by Gasteiger charge is 2.36. The third-order valence-electron chi connectivity index (χ3n) is 2.25. The van der Waals surface area contributed by atoms with E-state index in [2.05, 4.69) is 21.2 Å². The third kappa shape index (κ3) is 2.36. The summed E-state index contributed by atoms with van der Waals surface area (Å²) in [6, 6.07) is 4.79. The van der Waals surface area contributed by atoms with Crippen LogP contribution < -0.4 is 5.32 Å². The second kappa shape index (κ2) is 4.84. The Labute approximate surface area is 106 Å². The molecule has 0 radical (unpaired) electrons. The quantitative estimate of drug-likeness (QED) is 0.838. The second-order valence-electron chi connectivity index (χ2n) is 3.32. The Morgan fingerprint density at radius 1 is 1.62 bits per heavy atom. The van der Waals surface area contributed by atoms with Gasteiger partial charge in [-0.25, -0.2) is 4.79 Å². The molecule has 0 bridgehead atoms. The number of carbonyl (C=O) groups is 2. The van der Waals surface area contributed by atoms with Crippen molar-refractivity contribution in [3.05, 3.63) is 33.3 Å². The molecule has 1 unspecified atom stereocenters. The maximum absolute atomic E-state index is 11.2. The van der Waals surface area contributed by atoms with Gasteiger partial charge in [0.15, 0.2) is 5.54 Å². The largest absolute Gasteiger partial charge is 0.479 e. The zero-order valence-corrected chi connectivity index (χ0v) is 10.7. The van der Waals surface area contributed by atoms with E-state index in [1.165, 1.54) is 6.92 Å². The molecule has 0 aliphatic carbocycles. The predicted octanol–water partition coefficient (Wildman–Crippen LogP) is 2.15. The van der Waals surface area contributed by atoms with E-state index in [0.29, 0.717) is 12.0 Å². The van der Waals surface area contributed by atoms with E-state index in [0.717, 1.165) is 4.47 Å². The van der Waals surface area contributed by atoms with Crippen molar-refractivity contribution < 1.29 is 14.7 Å². The summed E-state index contributed by atoms with van der Waals surface area (Å²) in [5.41, 5.74) is -1.20. The van der Waals surface area contributed by atoms with Crippen molar-refractivity contribution in [1.82, 2.24) is 5.32 Å². The first kappa shape index (κ1) is 13.0. The number of hydrogen-bond acceptors (Lipinski definition) is 2.